The van der Waals surface area contributed by atoms with Crippen molar-refractivity contribution in [2.75, 3.05) is 10.6 Å². The molecule has 0 aliphatic heterocycles. The number of carbonyl (C=O) groups excluding carboxylic acids is 1. The molecule has 1 unspecified atom stereocenters. The maximum atomic E-state index is 13.5. The third kappa shape index (κ3) is 4.16. The Balaban J connectivity index is 1.57. The Bertz CT molecular complexity index is 1210. The molecule has 2 aromatic carbocycles. The minimum atomic E-state index is -0.809. The number of rotatable bonds is 6. The molecule has 3 N–H and O–H groups in total. The van der Waals surface area contributed by atoms with Crippen LogP contribution in [-0.4, -0.2) is 27.6 Å². The minimum Gasteiger partial charge on any atom is -0.411 e. The molecule has 0 saturated heterocycles. The summed E-state index contributed by atoms with van der Waals surface area (Å²) in [6, 6.07) is 12.9. The molecule has 30 heavy (non-hydrogen) atoms. The highest BCUT2D eigenvalue weighted by Crippen LogP contribution is 2.28. The summed E-state index contributed by atoms with van der Waals surface area (Å²) in [6.45, 7) is 0. The maximum Gasteiger partial charge on any atom is 0.267 e. The molecular weight excluding hydrogens is 477 g/mol. The summed E-state index contributed by atoms with van der Waals surface area (Å²) in [6.07, 6.45) is 1.14. The molecule has 0 radical (unpaired) electrons. The Morgan fingerprint density at radius 2 is 2.10 bits per heavy atom. The second kappa shape index (κ2) is 8.59. The van der Waals surface area contributed by atoms with Gasteiger partial charge in [-0.25, -0.2) is 9.02 Å². The number of halogens is 2. The SMILES string of the molecule is O=C(Nc1nonc1C(/C=N\O)Nc1ccc(F)c(Br)c1)c1cc2ccccc2s1. The molecule has 152 valence electrons. The quantitative estimate of drug-likeness (QED) is 0.198. The van der Waals surface area contributed by atoms with E-state index in [-0.39, 0.29) is 21.9 Å². The standard InChI is InChI=1S/C19H13BrFN5O3S/c20-12-8-11(5-6-13(12)21)23-14(9-22-28)17-18(26-29-25-17)24-19(27)16-7-10-3-1-2-4-15(10)30-16/h1-9,14,23,28H,(H,24,26,27)/b22-9-. The van der Waals surface area contributed by atoms with Crippen LogP contribution < -0.4 is 10.6 Å². The first-order valence-electron chi connectivity index (χ1n) is 8.56. The molecule has 0 bridgehead atoms. The van der Waals surface area contributed by atoms with E-state index in [2.05, 4.69) is 42.0 Å². The van der Waals surface area contributed by atoms with Crippen molar-refractivity contribution >= 4 is 61.0 Å². The van der Waals surface area contributed by atoms with Gasteiger partial charge < -0.3 is 15.8 Å². The monoisotopic (exact) mass is 489 g/mol. The third-order valence-corrected chi connectivity index (χ3v) is 5.87. The van der Waals surface area contributed by atoms with Gasteiger partial charge in [-0.05, 0) is 62.0 Å². The van der Waals surface area contributed by atoms with Gasteiger partial charge in [0, 0.05) is 10.4 Å². The second-order valence-electron chi connectivity index (χ2n) is 6.12. The molecule has 4 aromatic rings. The van der Waals surface area contributed by atoms with E-state index < -0.39 is 11.9 Å². The lowest BCUT2D eigenvalue weighted by molar-refractivity contribution is 0.102. The number of benzene rings is 2. The molecule has 1 atom stereocenters. The van der Waals surface area contributed by atoms with Crippen LogP contribution in [0.1, 0.15) is 21.4 Å². The molecule has 0 spiro atoms. The number of fused-ring (bicyclic) bond motifs is 1. The van der Waals surface area contributed by atoms with Crippen molar-refractivity contribution in [3.8, 4) is 0 Å². The molecule has 0 fully saturated rings. The molecule has 8 nitrogen and oxygen atoms in total. The minimum absolute atomic E-state index is 0.0658. The number of carbonyl (C=O) groups is 1. The molecular formula is C19H13BrFN5O3S. The highest BCUT2D eigenvalue weighted by Gasteiger charge is 2.23. The Kier molecular flexibility index (Phi) is 5.72. The van der Waals surface area contributed by atoms with Crippen LogP contribution in [0.5, 0.6) is 0 Å². The zero-order valence-corrected chi connectivity index (χ0v) is 17.4. The van der Waals surface area contributed by atoms with Crippen LogP contribution in [0.25, 0.3) is 10.1 Å². The molecule has 11 heteroatoms. The molecule has 2 aromatic heterocycles. The van der Waals surface area contributed by atoms with Crippen molar-refractivity contribution in [1.82, 2.24) is 10.3 Å². The van der Waals surface area contributed by atoms with Gasteiger partial charge >= 0.3 is 0 Å². The van der Waals surface area contributed by atoms with Gasteiger partial charge in [0.1, 0.15) is 11.9 Å². The van der Waals surface area contributed by atoms with Crippen LogP contribution in [0.15, 0.2) is 62.8 Å². The number of hydrogen-bond acceptors (Lipinski definition) is 8. The Labute approximate surface area is 181 Å². The molecule has 0 aliphatic rings. The lowest BCUT2D eigenvalue weighted by atomic mass is 10.2. The second-order valence-corrected chi connectivity index (χ2v) is 8.05. The van der Waals surface area contributed by atoms with Crippen molar-refractivity contribution in [3.05, 3.63) is 69.4 Å². The first kappa shape index (κ1) is 20.0. The number of amides is 1. The van der Waals surface area contributed by atoms with Gasteiger partial charge in [-0.2, -0.15) is 0 Å². The van der Waals surface area contributed by atoms with E-state index in [1.54, 1.807) is 6.07 Å². The fourth-order valence-electron chi connectivity index (χ4n) is 2.76. The van der Waals surface area contributed by atoms with E-state index in [0.717, 1.165) is 16.3 Å². The summed E-state index contributed by atoms with van der Waals surface area (Å²) in [5.74, 6) is -0.735. The van der Waals surface area contributed by atoms with Crippen LogP contribution in [-0.2, 0) is 0 Å². The van der Waals surface area contributed by atoms with Crippen molar-refractivity contribution in [3.63, 3.8) is 0 Å². The Hall–Kier alpha value is -3.31. The van der Waals surface area contributed by atoms with E-state index in [9.17, 15) is 9.18 Å². The van der Waals surface area contributed by atoms with E-state index >= 15 is 0 Å². The van der Waals surface area contributed by atoms with Crippen molar-refractivity contribution < 1.29 is 19.0 Å². The topological polar surface area (TPSA) is 113 Å². The lowest BCUT2D eigenvalue weighted by Crippen LogP contribution is -2.18. The predicted octanol–water partition coefficient (Wildman–Crippen LogP) is 5.05. The van der Waals surface area contributed by atoms with Gasteiger partial charge in [-0.15, -0.1) is 11.3 Å². The van der Waals surface area contributed by atoms with Gasteiger partial charge in [0.05, 0.1) is 15.6 Å². The van der Waals surface area contributed by atoms with E-state index in [1.807, 2.05) is 24.3 Å². The zero-order valence-electron chi connectivity index (χ0n) is 15.0. The van der Waals surface area contributed by atoms with Crippen LogP contribution >= 0.6 is 27.3 Å². The summed E-state index contributed by atoms with van der Waals surface area (Å²) >= 11 is 4.45. The molecule has 4 rings (SSSR count). The summed E-state index contributed by atoms with van der Waals surface area (Å²) in [5.41, 5.74) is 0.695. The molecule has 2 heterocycles. The fourth-order valence-corrected chi connectivity index (χ4v) is 4.09. The van der Waals surface area contributed by atoms with E-state index in [0.29, 0.717) is 10.6 Å². The van der Waals surface area contributed by atoms with Gasteiger partial charge in [0.2, 0.25) is 5.82 Å². The fraction of sp³-hybridized carbons (Fsp3) is 0.0526. The molecule has 1 amide bonds. The summed E-state index contributed by atoms with van der Waals surface area (Å²) in [7, 11) is 0. The lowest BCUT2D eigenvalue weighted by Gasteiger charge is -2.14. The van der Waals surface area contributed by atoms with Crippen LogP contribution in [0, 0.1) is 5.82 Å². The number of thiophene rings is 1. The predicted molar refractivity (Wildman–Crippen MR) is 115 cm³/mol. The summed E-state index contributed by atoms with van der Waals surface area (Å²) < 4.78 is 19.5. The first-order valence-corrected chi connectivity index (χ1v) is 10.2. The van der Waals surface area contributed by atoms with Crippen molar-refractivity contribution in [2.45, 2.75) is 6.04 Å². The molecule has 0 aliphatic carbocycles. The van der Waals surface area contributed by atoms with Crippen molar-refractivity contribution in [2.24, 2.45) is 5.16 Å². The highest BCUT2D eigenvalue weighted by atomic mass is 79.9. The Morgan fingerprint density at radius 3 is 2.87 bits per heavy atom. The number of nitrogens with zero attached hydrogens (tertiary/aromatic N) is 3. The summed E-state index contributed by atoms with van der Waals surface area (Å²) in [4.78, 5) is 13.2. The highest BCUT2D eigenvalue weighted by molar-refractivity contribution is 9.10. The number of aromatic nitrogens is 2. The zero-order chi connectivity index (χ0) is 21.1. The van der Waals surface area contributed by atoms with Crippen LogP contribution in [0.3, 0.4) is 0 Å². The van der Waals surface area contributed by atoms with Gasteiger partial charge in [0.25, 0.3) is 5.91 Å². The number of nitrogens with one attached hydrogen (secondary N) is 2. The van der Waals surface area contributed by atoms with E-state index in [1.165, 1.54) is 29.5 Å². The van der Waals surface area contributed by atoms with E-state index in [4.69, 9.17) is 9.84 Å². The third-order valence-electron chi connectivity index (χ3n) is 4.15. The Morgan fingerprint density at radius 1 is 1.27 bits per heavy atom. The van der Waals surface area contributed by atoms with Crippen LogP contribution in [0.4, 0.5) is 15.9 Å². The first-order chi connectivity index (χ1) is 14.5. The normalized spacial score (nSPS) is 12.3. The van der Waals surface area contributed by atoms with Crippen molar-refractivity contribution in [1.29, 1.82) is 0 Å². The summed E-state index contributed by atoms with van der Waals surface area (Å²) in [5, 5.41) is 26.3. The van der Waals surface area contributed by atoms with Gasteiger partial charge in [-0.3, -0.25) is 4.79 Å². The number of hydrogen-bond donors (Lipinski definition) is 3. The average Bonchev–Trinajstić information content (AvgIpc) is 3.37. The number of anilines is 2. The largest absolute Gasteiger partial charge is 0.411 e. The number of oxime groups is 1. The average molecular weight is 490 g/mol. The van der Waals surface area contributed by atoms with Gasteiger partial charge in [-0.1, -0.05) is 23.4 Å². The van der Waals surface area contributed by atoms with Gasteiger partial charge in [0.15, 0.2) is 5.69 Å². The molecule has 0 saturated carbocycles. The van der Waals surface area contributed by atoms with Crippen LogP contribution in [0.2, 0.25) is 0 Å². The maximum absolute atomic E-state index is 13.5. The smallest absolute Gasteiger partial charge is 0.267 e.